The Hall–Kier alpha value is -1.67. The van der Waals surface area contributed by atoms with Crippen molar-refractivity contribution in [2.24, 2.45) is 11.1 Å². The zero-order valence-electron chi connectivity index (χ0n) is 12.5. The molecule has 0 aromatic heterocycles. The molecule has 0 spiro atoms. The van der Waals surface area contributed by atoms with Crippen LogP contribution >= 0.6 is 0 Å². The Balaban J connectivity index is 2.48. The fraction of sp³-hybridized carbons (Fsp3) is 0.571. The Morgan fingerprint density at radius 2 is 1.95 bits per heavy atom. The minimum Gasteiger partial charge on any atom is -0.381 e. The molecule has 1 aromatic carbocycles. The molecule has 3 N–H and O–H groups in total. The van der Waals surface area contributed by atoms with Crippen LogP contribution in [0.25, 0.3) is 0 Å². The van der Waals surface area contributed by atoms with Crippen LogP contribution in [0.1, 0.15) is 37.7 Å². The van der Waals surface area contributed by atoms with Crippen molar-refractivity contribution in [3.05, 3.63) is 27.8 Å². The predicted molar refractivity (Wildman–Crippen MR) is 84.3 cm³/mol. The topological polar surface area (TPSA) is 115 Å². The Morgan fingerprint density at radius 3 is 2.45 bits per heavy atom. The van der Waals surface area contributed by atoms with Crippen molar-refractivity contribution in [1.29, 1.82) is 0 Å². The van der Waals surface area contributed by atoms with Gasteiger partial charge in [-0.1, -0.05) is 38.2 Å². The molecule has 7 nitrogen and oxygen atoms in total. The van der Waals surface area contributed by atoms with Crippen LogP contribution in [0.4, 0.5) is 11.4 Å². The highest BCUT2D eigenvalue weighted by atomic mass is 32.2. The number of nitro groups is 1. The average Bonchev–Trinajstić information content (AvgIpc) is 2.46. The van der Waals surface area contributed by atoms with E-state index in [-0.39, 0.29) is 16.3 Å². The van der Waals surface area contributed by atoms with E-state index < -0.39 is 14.9 Å². The van der Waals surface area contributed by atoms with Gasteiger partial charge in [-0.2, -0.15) is 0 Å². The molecule has 1 aromatic rings. The molecule has 0 amide bonds. The molecule has 0 bridgehead atoms. The zero-order valence-corrected chi connectivity index (χ0v) is 13.4. The monoisotopic (exact) mass is 327 g/mol. The number of hydrogen-bond donors (Lipinski definition) is 2. The van der Waals surface area contributed by atoms with Crippen molar-refractivity contribution in [3.8, 4) is 0 Å². The van der Waals surface area contributed by atoms with Crippen LogP contribution in [0.3, 0.4) is 0 Å². The second-order valence-electron chi connectivity index (χ2n) is 5.71. The van der Waals surface area contributed by atoms with E-state index in [9.17, 15) is 18.5 Å². The fourth-order valence-corrected chi connectivity index (χ4v) is 3.91. The van der Waals surface area contributed by atoms with E-state index in [1.54, 1.807) is 0 Å². The van der Waals surface area contributed by atoms with Gasteiger partial charge in [-0.05, 0) is 18.4 Å². The number of sulfonamides is 1. The maximum absolute atomic E-state index is 11.6. The Kier molecular flexibility index (Phi) is 5.02. The lowest BCUT2D eigenvalue weighted by Gasteiger charge is -2.22. The fourth-order valence-electron chi connectivity index (χ4n) is 3.17. The summed E-state index contributed by atoms with van der Waals surface area (Å²) in [4.78, 5) is 10.7. The summed E-state index contributed by atoms with van der Waals surface area (Å²) in [6, 6.07) is 2.87. The van der Waals surface area contributed by atoms with Crippen LogP contribution in [0.5, 0.6) is 0 Å². The van der Waals surface area contributed by atoms with E-state index >= 15 is 0 Å². The van der Waals surface area contributed by atoms with Crippen LogP contribution in [0, 0.1) is 16.0 Å². The van der Waals surface area contributed by atoms with Gasteiger partial charge in [0.15, 0.2) is 0 Å². The molecule has 8 heteroatoms. The minimum atomic E-state index is -4.02. The number of nitrogens with zero attached hydrogens (tertiary/aromatic N) is 1. The third-order valence-electron chi connectivity index (χ3n) is 4.20. The molecule has 1 saturated carbocycles. The molecule has 0 radical (unpaired) electrons. The van der Waals surface area contributed by atoms with E-state index in [0.717, 1.165) is 25.7 Å². The summed E-state index contributed by atoms with van der Waals surface area (Å²) < 4.78 is 23.2. The molecule has 0 saturated heterocycles. The van der Waals surface area contributed by atoms with E-state index in [1.165, 1.54) is 25.6 Å². The lowest BCUT2D eigenvalue weighted by molar-refractivity contribution is -0.384. The van der Waals surface area contributed by atoms with Gasteiger partial charge in [0, 0.05) is 12.6 Å². The summed E-state index contributed by atoms with van der Waals surface area (Å²) in [6.45, 7) is 0. The van der Waals surface area contributed by atoms with E-state index in [2.05, 4.69) is 5.32 Å². The maximum atomic E-state index is 11.6. The first kappa shape index (κ1) is 16.7. The second-order valence-corrected chi connectivity index (χ2v) is 7.24. The number of rotatable bonds is 5. The largest absolute Gasteiger partial charge is 0.381 e. The standard InChI is InChI=1S/C14H21N3O4S/c1-16-13-12(22(15,20)21)8-7-11(14(13)17(18)19)9-10-5-3-2-4-6-10/h7-8,10,16H,2-6,9H2,1H3,(H2,15,20,21). The summed E-state index contributed by atoms with van der Waals surface area (Å²) in [5.74, 6) is 0.414. The molecular formula is C14H21N3O4S. The number of hydrogen-bond acceptors (Lipinski definition) is 5. The molecule has 1 fully saturated rings. The first-order valence-electron chi connectivity index (χ1n) is 7.35. The van der Waals surface area contributed by atoms with Crippen LogP contribution in [0.2, 0.25) is 0 Å². The van der Waals surface area contributed by atoms with Crippen molar-refractivity contribution in [2.75, 3.05) is 12.4 Å². The lowest BCUT2D eigenvalue weighted by atomic mass is 9.84. The van der Waals surface area contributed by atoms with E-state index in [4.69, 9.17) is 5.14 Å². The maximum Gasteiger partial charge on any atom is 0.296 e. The number of nitrogens with two attached hydrogens (primary N) is 1. The predicted octanol–water partition coefficient (Wildman–Crippen LogP) is 2.41. The molecule has 0 heterocycles. The highest BCUT2D eigenvalue weighted by Crippen LogP contribution is 2.37. The van der Waals surface area contributed by atoms with Gasteiger partial charge >= 0.3 is 0 Å². The number of anilines is 1. The van der Waals surface area contributed by atoms with Gasteiger partial charge in [0.05, 0.1) is 4.92 Å². The van der Waals surface area contributed by atoms with Crippen LogP contribution in [0.15, 0.2) is 17.0 Å². The molecule has 0 unspecified atom stereocenters. The molecule has 1 aliphatic rings. The summed E-state index contributed by atoms with van der Waals surface area (Å²) in [5, 5.41) is 19.2. The van der Waals surface area contributed by atoms with Gasteiger partial charge in [-0.15, -0.1) is 0 Å². The van der Waals surface area contributed by atoms with Crippen LogP contribution < -0.4 is 10.5 Å². The smallest absolute Gasteiger partial charge is 0.296 e. The normalized spacial score (nSPS) is 16.5. The zero-order chi connectivity index (χ0) is 16.3. The van der Waals surface area contributed by atoms with Gasteiger partial charge in [0.25, 0.3) is 5.69 Å². The summed E-state index contributed by atoms with van der Waals surface area (Å²) in [6.07, 6.45) is 6.21. The third kappa shape index (κ3) is 3.56. The molecule has 22 heavy (non-hydrogen) atoms. The van der Waals surface area contributed by atoms with Crippen molar-refractivity contribution in [3.63, 3.8) is 0 Å². The highest BCUT2D eigenvalue weighted by molar-refractivity contribution is 7.89. The number of primary sulfonamides is 1. The summed E-state index contributed by atoms with van der Waals surface area (Å²) in [7, 11) is -2.56. The first-order valence-corrected chi connectivity index (χ1v) is 8.90. The molecule has 0 aliphatic heterocycles. The quantitative estimate of drug-likeness (QED) is 0.636. The molecule has 122 valence electrons. The van der Waals surface area contributed by atoms with Crippen LogP contribution in [-0.2, 0) is 16.4 Å². The Bertz CT molecular complexity index is 667. The Labute approximate surface area is 130 Å². The van der Waals surface area contributed by atoms with Crippen molar-refractivity contribution >= 4 is 21.4 Å². The lowest BCUT2D eigenvalue weighted by Crippen LogP contribution is -2.17. The average molecular weight is 327 g/mol. The highest BCUT2D eigenvalue weighted by Gasteiger charge is 2.28. The van der Waals surface area contributed by atoms with Gasteiger partial charge in [0.2, 0.25) is 10.0 Å². The summed E-state index contributed by atoms with van der Waals surface area (Å²) >= 11 is 0. The van der Waals surface area contributed by atoms with Crippen molar-refractivity contribution < 1.29 is 13.3 Å². The van der Waals surface area contributed by atoms with Crippen LogP contribution in [-0.4, -0.2) is 20.4 Å². The van der Waals surface area contributed by atoms with Gasteiger partial charge in [-0.3, -0.25) is 10.1 Å². The third-order valence-corrected chi connectivity index (χ3v) is 5.15. The van der Waals surface area contributed by atoms with Gasteiger partial charge in [0.1, 0.15) is 10.6 Å². The van der Waals surface area contributed by atoms with E-state index in [1.807, 2.05) is 0 Å². The van der Waals surface area contributed by atoms with Gasteiger partial charge < -0.3 is 5.32 Å². The molecule has 2 rings (SSSR count). The molecular weight excluding hydrogens is 306 g/mol. The molecule has 0 atom stereocenters. The first-order chi connectivity index (χ1) is 10.3. The second kappa shape index (κ2) is 6.62. The molecule has 1 aliphatic carbocycles. The summed E-state index contributed by atoms with van der Waals surface area (Å²) in [5.41, 5.74) is 0.356. The van der Waals surface area contributed by atoms with Crippen molar-refractivity contribution in [2.45, 2.75) is 43.4 Å². The van der Waals surface area contributed by atoms with E-state index in [0.29, 0.717) is 17.9 Å². The minimum absolute atomic E-state index is 0.0270. The number of benzene rings is 1. The Morgan fingerprint density at radius 1 is 1.32 bits per heavy atom. The number of nitrogens with one attached hydrogen (secondary N) is 1. The van der Waals surface area contributed by atoms with Crippen molar-refractivity contribution in [1.82, 2.24) is 0 Å². The number of nitro benzene ring substituents is 1. The SMILES string of the molecule is CNc1c(S(N)(=O)=O)ccc(CC2CCCCC2)c1[N+](=O)[O-]. The van der Waals surface area contributed by atoms with Gasteiger partial charge in [-0.25, -0.2) is 13.6 Å².